The van der Waals surface area contributed by atoms with E-state index in [2.05, 4.69) is 20.6 Å². The summed E-state index contributed by atoms with van der Waals surface area (Å²) in [5, 5.41) is 5.14. The van der Waals surface area contributed by atoms with E-state index in [1.807, 2.05) is 60.7 Å². The van der Waals surface area contributed by atoms with Crippen LogP contribution in [0.2, 0.25) is 0 Å². The summed E-state index contributed by atoms with van der Waals surface area (Å²) in [4.78, 5) is 57.8. The fourth-order valence-electron chi connectivity index (χ4n) is 3.46. The monoisotopic (exact) mass is 520 g/mol. The van der Waals surface area contributed by atoms with E-state index in [4.69, 9.17) is 9.47 Å². The highest BCUT2D eigenvalue weighted by molar-refractivity contribution is 6.06. The second-order valence-corrected chi connectivity index (χ2v) is 9.66. The van der Waals surface area contributed by atoms with Crippen LogP contribution in [0.15, 0.2) is 67.0 Å². The van der Waals surface area contributed by atoms with Crippen LogP contribution in [0.25, 0.3) is 0 Å². The number of aromatic amines is 1. The molecule has 38 heavy (non-hydrogen) atoms. The van der Waals surface area contributed by atoms with Gasteiger partial charge in [-0.2, -0.15) is 0 Å². The molecule has 1 heterocycles. The van der Waals surface area contributed by atoms with Crippen LogP contribution in [0.3, 0.4) is 0 Å². The van der Waals surface area contributed by atoms with Crippen LogP contribution >= 0.6 is 0 Å². The molecule has 0 spiro atoms. The Balaban J connectivity index is 1.67. The first-order valence-corrected chi connectivity index (χ1v) is 12.2. The molecule has 2 aromatic carbocycles. The molecule has 0 bridgehead atoms. The molecule has 10 nitrogen and oxygen atoms in total. The molecule has 0 saturated carbocycles. The summed E-state index contributed by atoms with van der Waals surface area (Å²) in [6.07, 6.45) is 1.36. The van der Waals surface area contributed by atoms with Crippen molar-refractivity contribution in [2.45, 2.75) is 58.4 Å². The third kappa shape index (κ3) is 8.29. The molecule has 3 rings (SSSR count). The van der Waals surface area contributed by atoms with Crippen molar-refractivity contribution < 1.29 is 28.7 Å². The summed E-state index contributed by atoms with van der Waals surface area (Å²) < 4.78 is 10.7. The van der Waals surface area contributed by atoms with Crippen molar-refractivity contribution >= 4 is 23.8 Å². The standard InChI is InChI=1S/C28H32N4O6/c1-18(26(35)37-16-20-13-9-6-10-14-20)31-24(33)22-23(30-17-29-22)25(34)32-21(27(36)38-28(2,3)4)15-19-11-7-5-8-12-19/h5-14,17-18,21H,15-16H2,1-4H3,(H,29,30)(H,31,33)(H,32,34)/t18-,21-/m0/s1. The van der Waals surface area contributed by atoms with Gasteiger partial charge >= 0.3 is 11.9 Å². The van der Waals surface area contributed by atoms with Crippen LogP contribution in [-0.4, -0.2) is 51.4 Å². The number of nitrogens with one attached hydrogen (secondary N) is 3. The fraction of sp³-hybridized carbons (Fsp3) is 0.321. The predicted octanol–water partition coefficient (Wildman–Crippen LogP) is 2.95. The molecule has 0 radical (unpaired) electrons. The van der Waals surface area contributed by atoms with Crippen LogP contribution in [0.5, 0.6) is 0 Å². The molecule has 0 saturated heterocycles. The lowest BCUT2D eigenvalue weighted by Gasteiger charge is -2.24. The van der Waals surface area contributed by atoms with Gasteiger partial charge in [-0.1, -0.05) is 60.7 Å². The van der Waals surface area contributed by atoms with E-state index >= 15 is 0 Å². The van der Waals surface area contributed by atoms with Gasteiger partial charge in [0.05, 0.1) is 6.33 Å². The molecule has 0 unspecified atom stereocenters. The van der Waals surface area contributed by atoms with Gasteiger partial charge in [-0.3, -0.25) is 9.59 Å². The molecule has 1 aromatic heterocycles. The van der Waals surface area contributed by atoms with Crippen molar-refractivity contribution in [1.82, 2.24) is 20.6 Å². The van der Waals surface area contributed by atoms with Gasteiger partial charge in [0.2, 0.25) is 0 Å². The maximum Gasteiger partial charge on any atom is 0.329 e. The van der Waals surface area contributed by atoms with Crippen molar-refractivity contribution in [3.05, 3.63) is 89.5 Å². The van der Waals surface area contributed by atoms with E-state index in [1.54, 1.807) is 20.8 Å². The third-order valence-corrected chi connectivity index (χ3v) is 5.29. The van der Waals surface area contributed by atoms with Gasteiger partial charge in [-0.05, 0) is 38.8 Å². The number of H-pyrrole nitrogens is 1. The lowest BCUT2D eigenvalue weighted by Crippen LogP contribution is -2.46. The number of carbonyl (C=O) groups excluding carboxylic acids is 4. The minimum absolute atomic E-state index is 0.0589. The second-order valence-electron chi connectivity index (χ2n) is 9.66. The van der Waals surface area contributed by atoms with E-state index in [0.29, 0.717) is 0 Å². The summed E-state index contributed by atoms with van der Waals surface area (Å²) in [6.45, 7) is 6.72. The Hall–Kier alpha value is -4.47. The smallest absolute Gasteiger partial charge is 0.329 e. The minimum Gasteiger partial charge on any atom is -0.459 e. The molecular weight excluding hydrogens is 488 g/mol. The second kappa shape index (κ2) is 12.7. The number of imidazole rings is 1. The summed E-state index contributed by atoms with van der Waals surface area (Å²) >= 11 is 0. The minimum atomic E-state index is -1.02. The SMILES string of the molecule is C[C@H](NC(=O)c1nc[nH]c1C(=O)N[C@@H](Cc1ccccc1)C(=O)OC(C)(C)C)C(=O)OCc1ccccc1. The highest BCUT2D eigenvalue weighted by Crippen LogP contribution is 2.13. The highest BCUT2D eigenvalue weighted by Gasteiger charge is 2.30. The number of hydrogen-bond acceptors (Lipinski definition) is 7. The Bertz CT molecular complexity index is 1250. The van der Waals surface area contributed by atoms with Gasteiger partial charge < -0.3 is 25.1 Å². The molecular formula is C28H32N4O6. The molecule has 0 aliphatic heterocycles. The van der Waals surface area contributed by atoms with Crippen LogP contribution in [-0.2, 0) is 32.1 Å². The lowest BCUT2D eigenvalue weighted by molar-refractivity contribution is -0.157. The van der Waals surface area contributed by atoms with Crippen molar-refractivity contribution in [2.24, 2.45) is 0 Å². The van der Waals surface area contributed by atoms with Crippen LogP contribution < -0.4 is 10.6 Å². The van der Waals surface area contributed by atoms with Crippen molar-refractivity contribution in [3.63, 3.8) is 0 Å². The molecule has 0 aliphatic rings. The summed E-state index contributed by atoms with van der Waals surface area (Å²) in [6, 6.07) is 16.3. The molecule has 3 N–H and O–H groups in total. The average molecular weight is 521 g/mol. The summed E-state index contributed by atoms with van der Waals surface area (Å²) in [5.74, 6) is -2.73. The van der Waals surface area contributed by atoms with Crippen molar-refractivity contribution in [1.29, 1.82) is 0 Å². The third-order valence-electron chi connectivity index (χ3n) is 5.29. The number of aromatic nitrogens is 2. The van der Waals surface area contributed by atoms with Crippen molar-refractivity contribution in [3.8, 4) is 0 Å². The normalized spacial score (nSPS) is 12.6. The Morgan fingerprint density at radius 1 is 0.868 bits per heavy atom. The first-order chi connectivity index (χ1) is 18.0. The number of esters is 2. The lowest BCUT2D eigenvalue weighted by atomic mass is 10.1. The van der Waals surface area contributed by atoms with Gasteiger partial charge in [-0.15, -0.1) is 0 Å². The first kappa shape index (κ1) is 28.1. The molecule has 10 heteroatoms. The van der Waals surface area contributed by atoms with Gasteiger partial charge in [0.15, 0.2) is 5.69 Å². The zero-order chi connectivity index (χ0) is 27.7. The molecule has 200 valence electrons. The van der Waals surface area contributed by atoms with Gasteiger partial charge in [-0.25, -0.2) is 14.6 Å². The number of carbonyl (C=O) groups is 4. The quantitative estimate of drug-likeness (QED) is 0.349. The van der Waals surface area contributed by atoms with E-state index < -0.39 is 41.4 Å². The number of ether oxygens (including phenoxy) is 2. The number of amides is 2. The van der Waals surface area contributed by atoms with Gasteiger partial charge in [0.25, 0.3) is 11.8 Å². The first-order valence-electron chi connectivity index (χ1n) is 12.2. The zero-order valence-electron chi connectivity index (χ0n) is 21.8. The Labute approximate surface area is 221 Å². The fourth-order valence-corrected chi connectivity index (χ4v) is 3.46. The summed E-state index contributed by atoms with van der Waals surface area (Å²) in [5.41, 5.74) is 0.470. The van der Waals surface area contributed by atoms with Crippen molar-refractivity contribution in [2.75, 3.05) is 0 Å². The van der Waals surface area contributed by atoms with E-state index in [-0.39, 0.29) is 24.4 Å². The number of rotatable bonds is 10. The van der Waals surface area contributed by atoms with Crippen LogP contribution in [0, 0.1) is 0 Å². The van der Waals surface area contributed by atoms with Gasteiger partial charge in [0.1, 0.15) is 30.0 Å². The number of hydrogen-bond donors (Lipinski definition) is 3. The largest absolute Gasteiger partial charge is 0.459 e. The topological polar surface area (TPSA) is 139 Å². The predicted molar refractivity (Wildman–Crippen MR) is 139 cm³/mol. The highest BCUT2D eigenvalue weighted by atomic mass is 16.6. The summed E-state index contributed by atoms with van der Waals surface area (Å²) in [7, 11) is 0. The molecule has 2 amide bonds. The molecule has 2 atom stereocenters. The van der Waals surface area contributed by atoms with E-state index in [0.717, 1.165) is 11.1 Å². The molecule has 0 aliphatic carbocycles. The number of nitrogens with zero attached hydrogens (tertiary/aromatic N) is 1. The average Bonchev–Trinajstić information content (AvgIpc) is 3.37. The Morgan fingerprint density at radius 2 is 1.47 bits per heavy atom. The maximum absolute atomic E-state index is 13.1. The Morgan fingerprint density at radius 3 is 2.08 bits per heavy atom. The molecule has 0 fully saturated rings. The number of benzene rings is 2. The maximum atomic E-state index is 13.1. The van der Waals surface area contributed by atoms with Crippen LogP contribution in [0.1, 0.15) is 59.8 Å². The molecule has 3 aromatic rings. The van der Waals surface area contributed by atoms with Crippen LogP contribution in [0.4, 0.5) is 0 Å². The van der Waals surface area contributed by atoms with Gasteiger partial charge in [0, 0.05) is 6.42 Å². The van der Waals surface area contributed by atoms with E-state index in [1.165, 1.54) is 13.3 Å². The Kier molecular flexibility index (Phi) is 9.37. The van der Waals surface area contributed by atoms with E-state index in [9.17, 15) is 19.2 Å². The zero-order valence-corrected chi connectivity index (χ0v) is 21.8.